The molecule has 1 heterocycles. The molecule has 3 aromatic carbocycles. The number of methoxy groups -OCH3 is 1. The third kappa shape index (κ3) is 5.64. The normalized spacial score (nSPS) is 14.5. The molecule has 0 aromatic heterocycles. The largest absolute Gasteiger partial charge is 0.493 e. The molecule has 0 spiro atoms. The highest BCUT2D eigenvalue weighted by molar-refractivity contribution is 8.18. The number of hydrogen-bond donors (Lipinski definition) is 0. The number of benzene rings is 3. The van der Waals surface area contributed by atoms with E-state index in [4.69, 9.17) is 21.1 Å². The minimum Gasteiger partial charge on any atom is -0.493 e. The number of carbonyl (C=O) groups is 2. The first kappa shape index (κ1) is 24.3. The Hall–Kier alpha value is -3.82. The second-order valence-corrected chi connectivity index (χ2v) is 8.91. The molecule has 0 radical (unpaired) electrons. The van der Waals surface area contributed by atoms with Crippen molar-refractivity contribution in [1.82, 2.24) is 4.90 Å². The van der Waals surface area contributed by atoms with Crippen LogP contribution in [0.4, 0.5) is 10.5 Å². The van der Waals surface area contributed by atoms with E-state index in [0.717, 1.165) is 22.2 Å². The Morgan fingerprint density at radius 2 is 1.80 bits per heavy atom. The molecule has 1 fully saturated rings. The van der Waals surface area contributed by atoms with E-state index in [9.17, 15) is 19.7 Å². The summed E-state index contributed by atoms with van der Waals surface area (Å²) in [6, 6.07) is 18.5. The second-order valence-electron chi connectivity index (χ2n) is 7.48. The van der Waals surface area contributed by atoms with E-state index in [1.54, 1.807) is 42.5 Å². The van der Waals surface area contributed by atoms with Crippen LogP contribution < -0.4 is 9.47 Å². The first-order chi connectivity index (χ1) is 16.9. The van der Waals surface area contributed by atoms with Crippen LogP contribution in [0.1, 0.15) is 16.7 Å². The van der Waals surface area contributed by atoms with Crippen molar-refractivity contribution in [2.45, 2.75) is 13.2 Å². The minimum absolute atomic E-state index is 0.144. The molecule has 1 aliphatic heterocycles. The molecule has 0 N–H and O–H groups in total. The highest BCUT2D eigenvalue weighted by Gasteiger charge is 2.36. The second kappa shape index (κ2) is 10.6. The van der Waals surface area contributed by atoms with E-state index >= 15 is 0 Å². The van der Waals surface area contributed by atoms with Gasteiger partial charge in [0.25, 0.3) is 16.8 Å². The maximum Gasteiger partial charge on any atom is 0.293 e. The van der Waals surface area contributed by atoms with E-state index < -0.39 is 16.1 Å². The number of ether oxygens (including phenoxy) is 2. The fourth-order valence-electron chi connectivity index (χ4n) is 3.42. The standard InChI is InChI=1S/C25H19ClN2O6S/c1-33-22-12-17(8-11-21(22)34-15-16-6-9-19(26)10-7-16)13-23-24(29)27(25(30)35-23)14-18-4-2-3-5-20(18)28(31)32/h2-13H,14-15H2,1H3/b23-13+. The lowest BCUT2D eigenvalue weighted by Crippen LogP contribution is -2.27. The molecular formula is C25H19ClN2O6S. The van der Waals surface area contributed by atoms with Crippen molar-refractivity contribution in [2.24, 2.45) is 0 Å². The Labute approximate surface area is 210 Å². The van der Waals surface area contributed by atoms with Crippen molar-refractivity contribution in [2.75, 3.05) is 7.11 Å². The van der Waals surface area contributed by atoms with Crippen LogP contribution in [0, 0.1) is 10.1 Å². The summed E-state index contributed by atoms with van der Waals surface area (Å²) in [7, 11) is 1.51. The van der Waals surface area contributed by atoms with Crippen LogP contribution in [0.3, 0.4) is 0 Å². The van der Waals surface area contributed by atoms with E-state index in [1.165, 1.54) is 25.3 Å². The number of para-hydroxylation sites is 1. The van der Waals surface area contributed by atoms with Crippen LogP contribution in [0.15, 0.2) is 71.6 Å². The molecule has 1 aliphatic rings. The van der Waals surface area contributed by atoms with Crippen molar-refractivity contribution in [1.29, 1.82) is 0 Å². The number of halogens is 1. The first-order valence-electron chi connectivity index (χ1n) is 10.4. The van der Waals surface area contributed by atoms with Gasteiger partial charge in [0, 0.05) is 16.7 Å². The van der Waals surface area contributed by atoms with Gasteiger partial charge in [-0.25, -0.2) is 0 Å². The molecule has 2 amide bonds. The fourth-order valence-corrected chi connectivity index (χ4v) is 4.38. The number of hydrogen-bond acceptors (Lipinski definition) is 7. The van der Waals surface area contributed by atoms with Gasteiger partial charge in [-0.2, -0.15) is 0 Å². The van der Waals surface area contributed by atoms with Crippen LogP contribution in [-0.2, 0) is 17.9 Å². The summed E-state index contributed by atoms with van der Waals surface area (Å²) in [6.07, 6.45) is 1.58. The number of amides is 2. The molecular weight excluding hydrogens is 492 g/mol. The fraction of sp³-hybridized carbons (Fsp3) is 0.120. The summed E-state index contributed by atoms with van der Waals surface area (Å²) in [4.78, 5) is 37.3. The van der Waals surface area contributed by atoms with Crippen molar-refractivity contribution in [3.05, 3.63) is 103 Å². The highest BCUT2D eigenvalue weighted by Crippen LogP contribution is 2.36. The SMILES string of the molecule is COc1cc(/C=C2/SC(=O)N(Cc3ccccc3[N+](=O)[O-])C2=O)ccc1OCc1ccc(Cl)cc1. The Kier molecular flexibility index (Phi) is 7.38. The van der Waals surface area contributed by atoms with Crippen LogP contribution >= 0.6 is 23.4 Å². The quantitative estimate of drug-likeness (QED) is 0.206. The molecule has 0 saturated carbocycles. The number of imide groups is 1. The van der Waals surface area contributed by atoms with Gasteiger partial charge in [-0.15, -0.1) is 0 Å². The average molecular weight is 511 g/mol. The van der Waals surface area contributed by atoms with E-state index in [2.05, 4.69) is 0 Å². The maximum atomic E-state index is 12.9. The van der Waals surface area contributed by atoms with Crippen molar-refractivity contribution in [3.8, 4) is 11.5 Å². The van der Waals surface area contributed by atoms with Crippen LogP contribution in [0.25, 0.3) is 6.08 Å². The average Bonchev–Trinajstić information content (AvgIpc) is 3.11. The van der Waals surface area contributed by atoms with Gasteiger partial charge < -0.3 is 9.47 Å². The van der Waals surface area contributed by atoms with E-state index in [0.29, 0.717) is 28.7 Å². The predicted octanol–water partition coefficient (Wildman–Crippen LogP) is 6.07. The zero-order chi connectivity index (χ0) is 24.9. The van der Waals surface area contributed by atoms with Crippen LogP contribution in [0.2, 0.25) is 5.02 Å². The smallest absolute Gasteiger partial charge is 0.293 e. The van der Waals surface area contributed by atoms with Gasteiger partial charge in [0.15, 0.2) is 11.5 Å². The maximum absolute atomic E-state index is 12.9. The van der Waals surface area contributed by atoms with Gasteiger partial charge in [0.2, 0.25) is 0 Å². The molecule has 3 aromatic rings. The molecule has 0 unspecified atom stereocenters. The summed E-state index contributed by atoms with van der Waals surface area (Å²) < 4.78 is 11.3. The number of thioether (sulfide) groups is 1. The molecule has 10 heteroatoms. The Bertz CT molecular complexity index is 1330. The number of rotatable bonds is 8. The third-order valence-corrected chi connectivity index (χ3v) is 6.34. The van der Waals surface area contributed by atoms with Crippen LogP contribution in [0.5, 0.6) is 11.5 Å². The number of carbonyl (C=O) groups excluding carboxylic acids is 2. The van der Waals surface area contributed by atoms with Gasteiger partial charge in [-0.3, -0.25) is 24.6 Å². The highest BCUT2D eigenvalue weighted by atomic mass is 35.5. The molecule has 1 saturated heterocycles. The van der Waals surface area contributed by atoms with Crippen molar-refractivity contribution >= 4 is 46.3 Å². The molecule has 8 nitrogen and oxygen atoms in total. The van der Waals surface area contributed by atoms with Gasteiger partial charge in [-0.05, 0) is 53.2 Å². The third-order valence-electron chi connectivity index (χ3n) is 5.18. The molecule has 4 rings (SSSR count). The van der Waals surface area contributed by atoms with Gasteiger partial charge >= 0.3 is 0 Å². The molecule has 0 bridgehead atoms. The zero-order valence-electron chi connectivity index (χ0n) is 18.5. The van der Waals surface area contributed by atoms with Crippen LogP contribution in [-0.4, -0.2) is 28.1 Å². The Morgan fingerprint density at radius 3 is 2.51 bits per heavy atom. The van der Waals surface area contributed by atoms with E-state index in [-0.39, 0.29) is 22.7 Å². The molecule has 0 atom stereocenters. The monoisotopic (exact) mass is 510 g/mol. The molecule has 35 heavy (non-hydrogen) atoms. The zero-order valence-corrected chi connectivity index (χ0v) is 20.0. The number of nitrogens with zero attached hydrogens (tertiary/aromatic N) is 2. The van der Waals surface area contributed by atoms with Crippen molar-refractivity contribution < 1.29 is 24.0 Å². The molecule has 178 valence electrons. The molecule has 0 aliphatic carbocycles. The van der Waals surface area contributed by atoms with Gasteiger partial charge in [0.1, 0.15) is 6.61 Å². The predicted molar refractivity (Wildman–Crippen MR) is 133 cm³/mol. The van der Waals surface area contributed by atoms with E-state index in [1.807, 2.05) is 12.1 Å². The summed E-state index contributed by atoms with van der Waals surface area (Å²) >= 11 is 6.69. The minimum atomic E-state index is -0.535. The Morgan fingerprint density at radius 1 is 1.06 bits per heavy atom. The summed E-state index contributed by atoms with van der Waals surface area (Å²) in [5, 5.41) is 11.4. The van der Waals surface area contributed by atoms with Gasteiger partial charge in [0.05, 0.1) is 23.5 Å². The lowest BCUT2D eigenvalue weighted by Gasteiger charge is -2.13. The van der Waals surface area contributed by atoms with Crippen molar-refractivity contribution in [3.63, 3.8) is 0 Å². The Balaban J connectivity index is 1.50. The number of nitro groups is 1. The summed E-state index contributed by atoms with van der Waals surface area (Å²) in [6.45, 7) is 0.136. The first-order valence-corrected chi connectivity index (χ1v) is 11.6. The summed E-state index contributed by atoms with van der Waals surface area (Å²) in [5.74, 6) is 0.469. The number of nitro benzene ring substituents is 1. The lowest BCUT2D eigenvalue weighted by atomic mass is 10.1. The van der Waals surface area contributed by atoms with Gasteiger partial charge in [-0.1, -0.05) is 48.0 Å². The topological polar surface area (TPSA) is 99.0 Å². The summed E-state index contributed by atoms with van der Waals surface area (Å²) in [5.41, 5.74) is 1.71. The lowest BCUT2D eigenvalue weighted by molar-refractivity contribution is -0.385.